The minimum absolute atomic E-state index is 0.00444. The zero-order valence-corrected chi connectivity index (χ0v) is 38.2. The molecule has 4 aliphatic carbocycles. The lowest BCUT2D eigenvalue weighted by Gasteiger charge is -2.62. The van der Waals surface area contributed by atoms with Crippen molar-refractivity contribution in [3.05, 3.63) is 0 Å². The number of hydrogen-bond acceptors (Lipinski definition) is 5. The highest BCUT2D eigenvalue weighted by atomic mass is 16.5. The van der Waals surface area contributed by atoms with E-state index in [1.807, 2.05) is 0 Å². The number of carboxylic acids is 1. The van der Waals surface area contributed by atoms with Crippen molar-refractivity contribution >= 4 is 17.8 Å². The molecule has 0 spiro atoms. The van der Waals surface area contributed by atoms with Gasteiger partial charge in [0, 0.05) is 12.8 Å². The van der Waals surface area contributed by atoms with Gasteiger partial charge in [0.05, 0.1) is 6.10 Å². The van der Waals surface area contributed by atoms with Gasteiger partial charge in [-0.05, 0) is 111 Å². The van der Waals surface area contributed by atoms with Crippen molar-refractivity contribution in [2.45, 2.75) is 252 Å². The largest absolute Gasteiger partial charge is 0.480 e. The molecular weight excluding hydrogens is 723 g/mol. The van der Waals surface area contributed by atoms with Crippen molar-refractivity contribution in [2.24, 2.45) is 46.3 Å². The first kappa shape index (κ1) is 49.0. The molecule has 4 aliphatic rings. The number of aliphatic carboxylic acids is 1. The third-order valence-electron chi connectivity index (χ3n) is 16.8. The Morgan fingerprint density at radius 3 is 1.74 bits per heavy atom. The van der Waals surface area contributed by atoms with Crippen molar-refractivity contribution in [3.8, 4) is 0 Å². The van der Waals surface area contributed by atoms with E-state index in [4.69, 9.17) is 9.84 Å². The second-order valence-corrected chi connectivity index (χ2v) is 20.7. The zero-order chi connectivity index (χ0) is 41.8. The molecule has 0 aromatic rings. The lowest BCUT2D eigenvalue weighted by Crippen LogP contribution is -2.59. The molecule has 0 heterocycles. The summed E-state index contributed by atoms with van der Waals surface area (Å²) in [6.45, 7) is 9.02. The third kappa shape index (κ3) is 14.8. The van der Waals surface area contributed by atoms with E-state index >= 15 is 0 Å². The van der Waals surface area contributed by atoms with Gasteiger partial charge in [-0.15, -0.1) is 0 Å². The fourth-order valence-electron chi connectivity index (χ4n) is 13.2. The summed E-state index contributed by atoms with van der Waals surface area (Å²) in [5, 5.41) is 23.3. The van der Waals surface area contributed by atoms with E-state index in [0.29, 0.717) is 48.3 Å². The van der Waals surface area contributed by atoms with Crippen LogP contribution >= 0.6 is 0 Å². The number of aliphatic hydroxyl groups is 1. The van der Waals surface area contributed by atoms with Crippen LogP contribution in [0.15, 0.2) is 0 Å². The van der Waals surface area contributed by atoms with E-state index in [1.165, 1.54) is 141 Å². The van der Waals surface area contributed by atoms with E-state index in [1.54, 1.807) is 0 Å². The summed E-state index contributed by atoms with van der Waals surface area (Å²) < 4.78 is 6.14. The molecular formula is C51H91NO6. The van der Waals surface area contributed by atoms with Crippen molar-refractivity contribution in [1.82, 2.24) is 5.32 Å². The van der Waals surface area contributed by atoms with Crippen LogP contribution < -0.4 is 5.32 Å². The van der Waals surface area contributed by atoms with Gasteiger partial charge in [0.2, 0.25) is 5.91 Å². The van der Waals surface area contributed by atoms with E-state index in [-0.39, 0.29) is 41.5 Å². The molecule has 3 N–H and O–H groups in total. The number of carbonyl (C=O) groups excluding carboxylic acids is 2. The van der Waals surface area contributed by atoms with Crippen LogP contribution in [-0.2, 0) is 19.1 Å². The van der Waals surface area contributed by atoms with E-state index in [2.05, 4.69) is 33.0 Å². The molecule has 10 unspecified atom stereocenters. The predicted molar refractivity (Wildman–Crippen MR) is 237 cm³/mol. The third-order valence-corrected chi connectivity index (χ3v) is 16.8. The summed E-state index contributed by atoms with van der Waals surface area (Å²) in [4.78, 5) is 36.0. The molecule has 4 rings (SSSR count). The lowest BCUT2D eigenvalue weighted by atomic mass is 9.43. The number of amides is 1. The van der Waals surface area contributed by atoms with Crippen molar-refractivity contribution in [1.29, 1.82) is 0 Å². The van der Waals surface area contributed by atoms with E-state index in [9.17, 15) is 19.5 Å². The summed E-state index contributed by atoms with van der Waals surface area (Å²) in [6.07, 6.45) is 40.0. The number of unbranched alkanes of at least 4 members (excludes halogenated alkanes) is 21. The second-order valence-electron chi connectivity index (χ2n) is 20.7. The van der Waals surface area contributed by atoms with Gasteiger partial charge in [-0.25, -0.2) is 0 Å². The Morgan fingerprint density at radius 2 is 1.21 bits per heavy atom. The van der Waals surface area contributed by atoms with Crippen LogP contribution in [0, 0.1) is 46.3 Å². The number of hydrogen-bond donors (Lipinski definition) is 3. The van der Waals surface area contributed by atoms with Crippen molar-refractivity contribution in [3.63, 3.8) is 0 Å². The van der Waals surface area contributed by atoms with Gasteiger partial charge < -0.3 is 20.3 Å². The van der Waals surface area contributed by atoms with Crippen LogP contribution in [0.4, 0.5) is 0 Å². The summed E-state index contributed by atoms with van der Waals surface area (Å²) in [5.74, 6) is 1.63. The van der Waals surface area contributed by atoms with Crippen LogP contribution in [0.3, 0.4) is 0 Å². The summed E-state index contributed by atoms with van der Waals surface area (Å²) in [7, 11) is 0. The number of rotatable bonds is 30. The highest BCUT2D eigenvalue weighted by Crippen LogP contribution is 2.68. The molecule has 4 saturated carbocycles. The average molecular weight is 814 g/mol. The number of carbonyl (C=O) groups is 3. The number of esters is 1. The van der Waals surface area contributed by atoms with Crippen LogP contribution in [-0.4, -0.2) is 46.8 Å². The van der Waals surface area contributed by atoms with Gasteiger partial charge in [-0.2, -0.15) is 0 Å². The number of carboxylic acid groups (broad SMARTS) is 1. The second kappa shape index (κ2) is 26.0. The molecule has 0 aromatic heterocycles. The highest BCUT2D eigenvalue weighted by molar-refractivity contribution is 5.81. The standard InChI is InChI=1S/C51H91NO6/c1-5-6-7-8-9-10-11-12-13-14-15-16-17-18-19-20-21-22-23-24-25-26-27-49(57)58-41-34-35-50(3)40(36-41)29-30-42-44-32-31-43(51(44,4)46(53)37-45(42)50)39(2)28-33-47(54)52-38-48(55)56/h39-46,53H,5-38H2,1-4H3,(H,52,54)(H,55,56). The lowest BCUT2D eigenvalue weighted by molar-refractivity contribution is -0.181. The minimum Gasteiger partial charge on any atom is -0.480 e. The summed E-state index contributed by atoms with van der Waals surface area (Å²) in [6, 6.07) is 0. The maximum atomic E-state index is 12.9. The predicted octanol–water partition coefficient (Wildman–Crippen LogP) is 13.1. The Hall–Kier alpha value is -1.63. The fraction of sp³-hybridized carbons (Fsp3) is 0.941. The number of aliphatic hydroxyl groups excluding tert-OH is 1. The van der Waals surface area contributed by atoms with Crippen LogP contribution in [0.1, 0.15) is 240 Å². The first-order chi connectivity index (χ1) is 28.0. The highest BCUT2D eigenvalue weighted by Gasteiger charge is 2.63. The summed E-state index contributed by atoms with van der Waals surface area (Å²) >= 11 is 0. The van der Waals surface area contributed by atoms with Gasteiger partial charge >= 0.3 is 11.9 Å². The molecule has 0 bridgehead atoms. The molecule has 58 heavy (non-hydrogen) atoms. The SMILES string of the molecule is CCCCCCCCCCCCCCCCCCCCCCCCC(=O)OC1CCC2(C)C(CCC3C2CC(O)C2(C)C(C(C)CCC(=O)NCC(=O)O)CCC32)C1. The molecule has 4 fully saturated rings. The Bertz CT molecular complexity index is 1190. The normalized spacial score (nSPS) is 30.9. The fourth-order valence-corrected chi connectivity index (χ4v) is 13.2. The number of ether oxygens (including phenoxy) is 1. The Morgan fingerprint density at radius 1 is 0.672 bits per heavy atom. The molecule has 0 aliphatic heterocycles. The van der Waals surface area contributed by atoms with Gasteiger partial charge in [0.25, 0.3) is 0 Å². The summed E-state index contributed by atoms with van der Waals surface area (Å²) in [5.41, 5.74) is 0.0473. The Labute approximate surface area is 356 Å². The van der Waals surface area contributed by atoms with Crippen molar-refractivity contribution in [2.75, 3.05) is 6.54 Å². The molecule has 0 saturated heterocycles. The maximum Gasteiger partial charge on any atom is 0.322 e. The molecule has 0 aromatic carbocycles. The van der Waals surface area contributed by atoms with Crippen molar-refractivity contribution < 1.29 is 29.3 Å². The zero-order valence-electron chi connectivity index (χ0n) is 38.2. The first-order valence-electron chi connectivity index (χ1n) is 25.4. The Balaban J connectivity index is 1.02. The van der Waals surface area contributed by atoms with Gasteiger partial charge in [0.15, 0.2) is 0 Å². The first-order valence-corrected chi connectivity index (χ1v) is 25.4. The molecule has 0 radical (unpaired) electrons. The average Bonchev–Trinajstić information content (AvgIpc) is 3.57. The monoisotopic (exact) mass is 814 g/mol. The minimum atomic E-state index is -1.02. The quantitative estimate of drug-likeness (QED) is 0.0492. The smallest absolute Gasteiger partial charge is 0.322 e. The molecule has 1 amide bonds. The maximum absolute atomic E-state index is 12.9. The molecule has 7 heteroatoms. The van der Waals surface area contributed by atoms with Gasteiger partial charge in [0.1, 0.15) is 12.6 Å². The van der Waals surface area contributed by atoms with Crippen LogP contribution in [0.5, 0.6) is 0 Å². The number of fused-ring (bicyclic) bond motifs is 5. The Kier molecular flexibility index (Phi) is 22.0. The van der Waals surface area contributed by atoms with Crippen LogP contribution in [0.2, 0.25) is 0 Å². The van der Waals surface area contributed by atoms with Crippen LogP contribution in [0.25, 0.3) is 0 Å². The van der Waals surface area contributed by atoms with Gasteiger partial charge in [-0.1, -0.05) is 163 Å². The van der Waals surface area contributed by atoms with Gasteiger partial charge in [-0.3, -0.25) is 14.4 Å². The molecule has 7 nitrogen and oxygen atoms in total. The van der Waals surface area contributed by atoms with E-state index in [0.717, 1.165) is 57.8 Å². The molecule has 336 valence electrons. The molecule has 10 atom stereocenters. The van der Waals surface area contributed by atoms with E-state index < -0.39 is 5.97 Å². The topological polar surface area (TPSA) is 113 Å². The number of nitrogens with one attached hydrogen (secondary N) is 1.